The highest BCUT2D eigenvalue weighted by atomic mass is 32.2. The molecule has 0 aliphatic rings. The summed E-state index contributed by atoms with van der Waals surface area (Å²) in [6, 6.07) is 16.8. The van der Waals surface area contributed by atoms with E-state index in [1.54, 1.807) is 12.1 Å². The molecule has 0 radical (unpaired) electrons. The second kappa shape index (κ2) is 9.46. The van der Waals surface area contributed by atoms with Crippen molar-refractivity contribution in [2.75, 3.05) is 12.9 Å². The summed E-state index contributed by atoms with van der Waals surface area (Å²) in [5.74, 6) is 0.200. The molecule has 4 rings (SSSR count). The van der Waals surface area contributed by atoms with Crippen LogP contribution >= 0.6 is 11.8 Å². The van der Waals surface area contributed by atoms with Gasteiger partial charge in [0.2, 0.25) is 5.89 Å². The number of ether oxygens (including phenoxy) is 1. The van der Waals surface area contributed by atoms with Crippen LogP contribution in [0.1, 0.15) is 37.7 Å². The van der Waals surface area contributed by atoms with Crippen LogP contribution in [0.5, 0.6) is 0 Å². The Bertz CT molecular complexity index is 1320. The van der Waals surface area contributed by atoms with E-state index in [1.165, 1.54) is 18.9 Å². The van der Waals surface area contributed by atoms with Gasteiger partial charge in [-0.1, -0.05) is 29.5 Å². The molecule has 0 amide bonds. The third kappa shape index (κ3) is 4.75. The predicted octanol–water partition coefficient (Wildman–Crippen LogP) is 5.21. The molecule has 2 heterocycles. The van der Waals surface area contributed by atoms with Crippen molar-refractivity contribution in [3.63, 3.8) is 0 Å². The SMILES string of the molecule is COC(=O)c1ccc(-n2c(C)cc(C(=O)CSc3nnc(-c4cccc(C)c4)o3)c2C)cc1. The maximum Gasteiger partial charge on any atom is 0.337 e. The average molecular weight is 462 g/mol. The van der Waals surface area contributed by atoms with Gasteiger partial charge in [0.05, 0.1) is 18.4 Å². The van der Waals surface area contributed by atoms with Gasteiger partial charge in [-0.15, -0.1) is 10.2 Å². The number of carbonyl (C=O) groups is 2. The Morgan fingerprint density at radius 2 is 1.79 bits per heavy atom. The van der Waals surface area contributed by atoms with Crippen molar-refractivity contribution in [3.8, 4) is 17.1 Å². The summed E-state index contributed by atoms with van der Waals surface area (Å²) < 4.78 is 12.5. The highest BCUT2D eigenvalue weighted by molar-refractivity contribution is 7.99. The predicted molar refractivity (Wildman–Crippen MR) is 126 cm³/mol. The monoisotopic (exact) mass is 461 g/mol. The number of carbonyl (C=O) groups excluding carboxylic acids is 2. The number of rotatable bonds is 7. The molecular formula is C25H23N3O4S. The molecule has 0 unspecified atom stereocenters. The highest BCUT2D eigenvalue weighted by Gasteiger charge is 2.19. The van der Waals surface area contributed by atoms with Crippen molar-refractivity contribution in [3.05, 3.63) is 82.7 Å². The number of aromatic nitrogens is 3. The van der Waals surface area contributed by atoms with E-state index >= 15 is 0 Å². The van der Waals surface area contributed by atoms with E-state index in [1.807, 2.05) is 67.8 Å². The zero-order valence-electron chi connectivity index (χ0n) is 18.8. The second-order valence-electron chi connectivity index (χ2n) is 7.61. The number of ketones is 1. The first kappa shape index (κ1) is 22.5. The van der Waals surface area contributed by atoms with Gasteiger partial charge in [-0.25, -0.2) is 4.79 Å². The molecule has 2 aromatic carbocycles. The molecule has 2 aromatic heterocycles. The molecule has 0 saturated heterocycles. The highest BCUT2D eigenvalue weighted by Crippen LogP contribution is 2.26. The summed E-state index contributed by atoms with van der Waals surface area (Å²) in [6.45, 7) is 5.84. The van der Waals surface area contributed by atoms with Crippen LogP contribution in [0.3, 0.4) is 0 Å². The number of thioether (sulfide) groups is 1. The van der Waals surface area contributed by atoms with Crippen LogP contribution in [-0.4, -0.2) is 39.4 Å². The lowest BCUT2D eigenvalue weighted by molar-refractivity contribution is 0.0600. The number of methoxy groups -OCH3 is 1. The smallest absolute Gasteiger partial charge is 0.337 e. The number of nitrogens with zero attached hydrogens (tertiary/aromatic N) is 3. The molecule has 0 atom stereocenters. The van der Waals surface area contributed by atoms with E-state index in [9.17, 15) is 9.59 Å². The van der Waals surface area contributed by atoms with Crippen LogP contribution in [0, 0.1) is 20.8 Å². The van der Waals surface area contributed by atoms with Crippen LogP contribution < -0.4 is 0 Å². The molecule has 7 nitrogen and oxygen atoms in total. The van der Waals surface area contributed by atoms with Gasteiger partial charge in [0.25, 0.3) is 5.22 Å². The maximum absolute atomic E-state index is 13.0. The Morgan fingerprint density at radius 1 is 1.03 bits per heavy atom. The number of hydrogen-bond donors (Lipinski definition) is 0. The fourth-order valence-electron chi connectivity index (χ4n) is 3.67. The minimum absolute atomic E-state index is 0.0270. The number of hydrogen-bond acceptors (Lipinski definition) is 7. The van der Waals surface area contributed by atoms with Crippen molar-refractivity contribution in [2.24, 2.45) is 0 Å². The van der Waals surface area contributed by atoms with Crippen LogP contribution in [0.25, 0.3) is 17.1 Å². The number of benzene rings is 2. The molecule has 0 aliphatic heterocycles. The quantitative estimate of drug-likeness (QED) is 0.212. The Labute approximate surface area is 195 Å². The topological polar surface area (TPSA) is 87.2 Å². The van der Waals surface area contributed by atoms with Crippen LogP contribution in [0.2, 0.25) is 0 Å². The zero-order chi connectivity index (χ0) is 23.5. The van der Waals surface area contributed by atoms with Crippen molar-refractivity contribution >= 4 is 23.5 Å². The van der Waals surface area contributed by atoms with Gasteiger partial charge < -0.3 is 13.7 Å². The van der Waals surface area contributed by atoms with E-state index in [4.69, 9.17) is 9.15 Å². The molecule has 33 heavy (non-hydrogen) atoms. The minimum atomic E-state index is -0.387. The molecule has 168 valence electrons. The largest absolute Gasteiger partial charge is 0.465 e. The van der Waals surface area contributed by atoms with Crippen molar-refractivity contribution in [1.29, 1.82) is 0 Å². The summed E-state index contributed by atoms with van der Waals surface area (Å²) in [4.78, 5) is 24.6. The van der Waals surface area contributed by atoms with Crippen molar-refractivity contribution in [2.45, 2.75) is 26.0 Å². The Morgan fingerprint density at radius 3 is 2.48 bits per heavy atom. The van der Waals surface area contributed by atoms with Crippen LogP contribution in [0.15, 0.2) is 64.2 Å². The molecule has 0 saturated carbocycles. The fourth-order valence-corrected chi connectivity index (χ4v) is 4.32. The summed E-state index contributed by atoms with van der Waals surface area (Å²) in [5.41, 5.74) is 5.68. The molecule has 0 aliphatic carbocycles. The molecule has 0 bridgehead atoms. The summed E-state index contributed by atoms with van der Waals surface area (Å²) in [5, 5.41) is 8.51. The van der Waals surface area contributed by atoms with E-state index in [0.29, 0.717) is 22.2 Å². The molecule has 0 N–H and O–H groups in total. The molecule has 0 fully saturated rings. The van der Waals surface area contributed by atoms with Gasteiger partial charge in [-0.2, -0.15) is 0 Å². The average Bonchev–Trinajstić information content (AvgIpc) is 3.41. The van der Waals surface area contributed by atoms with Crippen molar-refractivity contribution in [1.82, 2.24) is 14.8 Å². The van der Waals surface area contributed by atoms with E-state index in [-0.39, 0.29) is 17.5 Å². The number of esters is 1. The summed E-state index contributed by atoms with van der Waals surface area (Å²) in [6.07, 6.45) is 0. The Balaban J connectivity index is 1.48. The first-order valence-electron chi connectivity index (χ1n) is 10.3. The van der Waals surface area contributed by atoms with E-state index < -0.39 is 0 Å². The Kier molecular flexibility index (Phi) is 6.46. The van der Waals surface area contributed by atoms with Gasteiger partial charge in [-0.05, 0) is 63.2 Å². The minimum Gasteiger partial charge on any atom is -0.465 e. The number of Topliss-reactive ketones (excluding diaryl/α,β-unsaturated/α-hetero) is 1. The van der Waals surface area contributed by atoms with Gasteiger partial charge in [0.15, 0.2) is 5.78 Å². The van der Waals surface area contributed by atoms with Crippen molar-refractivity contribution < 1.29 is 18.7 Å². The standard InChI is InChI=1S/C25H23N3O4S/c1-15-6-5-7-19(12-15)23-26-27-25(32-23)33-14-22(29)21-13-16(2)28(17(21)3)20-10-8-18(9-11-20)24(30)31-4/h5-13H,14H2,1-4H3. The van der Waals surface area contributed by atoms with E-state index in [0.717, 1.165) is 28.2 Å². The normalized spacial score (nSPS) is 10.9. The lowest BCUT2D eigenvalue weighted by Gasteiger charge is -2.10. The van der Waals surface area contributed by atoms with Crippen LogP contribution in [0.4, 0.5) is 0 Å². The third-order valence-electron chi connectivity index (χ3n) is 5.28. The summed E-state index contributed by atoms with van der Waals surface area (Å²) in [7, 11) is 1.35. The lowest BCUT2D eigenvalue weighted by Crippen LogP contribution is -2.06. The van der Waals surface area contributed by atoms with Gasteiger partial charge in [0, 0.05) is 28.2 Å². The molecule has 4 aromatic rings. The molecular weight excluding hydrogens is 438 g/mol. The fraction of sp³-hybridized carbons (Fsp3) is 0.200. The van der Waals surface area contributed by atoms with Gasteiger partial charge in [-0.3, -0.25) is 4.79 Å². The lowest BCUT2D eigenvalue weighted by atomic mass is 10.1. The second-order valence-corrected chi connectivity index (χ2v) is 8.54. The van der Waals surface area contributed by atoms with Crippen LogP contribution in [-0.2, 0) is 4.74 Å². The van der Waals surface area contributed by atoms with Gasteiger partial charge in [0.1, 0.15) is 0 Å². The third-order valence-corrected chi connectivity index (χ3v) is 6.09. The first-order chi connectivity index (χ1) is 15.9. The molecule has 0 spiro atoms. The van der Waals surface area contributed by atoms with E-state index in [2.05, 4.69) is 10.2 Å². The number of aryl methyl sites for hydroxylation is 2. The zero-order valence-corrected chi connectivity index (χ0v) is 19.6. The maximum atomic E-state index is 13.0. The molecule has 8 heteroatoms. The first-order valence-corrected chi connectivity index (χ1v) is 11.3. The van der Waals surface area contributed by atoms with Gasteiger partial charge >= 0.3 is 5.97 Å². The Hall–Kier alpha value is -3.65. The summed E-state index contributed by atoms with van der Waals surface area (Å²) >= 11 is 1.22.